The largest absolute Gasteiger partial charge is 0.508 e. The summed E-state index contributed by atoms with van der Waals surface area (Å²) in [5.41, 5.74) is 1.84. The maximum atomic E-state index is 9.42. The zero-order chi connectivity index (χ0) is 10.8. The molecule has 0 saturated carbocycles. The number of aromatic nitrogens is 2. The molecule has 15 heavy (non-hydrogen) atoms. The molecule has 0 spiro atoms. The summed E-state index contributed by atoms with van der Waals surface area (Å²) in [6.45, 7) is 2.10. The molecule has 0 atom stereocenters. The molecule has 0 radical (unpaired) electrons. The van der Waals surface area contributed by atoms with E-state index in [9.17, 15) is 5.11 Å². The maximum absolute atomic E-state index is 9.42. The number of aryl methyl sites for hydroxylation is 1. The van der Waals surface area contributed by atoms with Crippen molar-refractivity contribution in [3.8, 4) is 5.75 Å². The first kappa shape index (κ1) is 10.4. The van der Waals surface area contributed by atoms with Crippen molar-refractivity contribution in [2.75, 3.05) is 0 Å². The van der Waals surface area contributed by atoms with E-state index in [0.29, 0.717) is 4.73 Å². The summed E-state index contributed by atoms with van der Waals surface area (Å²) in [4.78, 5) is 8.58. The lowest BCUT2D eigenvalue weighted by molar-refractivity contribution is 0.476. The molecule has 2 rings (SSSR count). The van der Waals surface area contributed by atoms with Crippen molar-refractivity contribution in [3.05, 3.63) is 28.6 Å². The number of benzene rings is 1. The Kier molecular flexibility index (Phi) is 2.86. The molecular formula is C11H11BrN2O. The lowest BCUT2D eigenvalue weighted by Gasteiger charge is -2.05. The van der Waals surface area contributed by atoms with Crippen LogP contribution in [0.4, 0.5) is 0 Å². The van der Waals surface area contributed by atoms with Gasteiger partial charge in [-0.25, -0.2) is 9.97 Å². The SMILES string of the molecule is CCCc1nc(Br)nc2ccc(O)cc12. The van der Waals surface area contributed by atoms with Gasteiger partial charge in [0.2, 0.25) is 0 Å². The second-order valence-corrected chi connectivity index (χ2v) is 4.10. The van der Waals surface area contributed by atoms with Gasteiger partial charge in [-0.05, 0) is 40.5 Å². The monoisotopic (exact) mass is 266 g/mol. The molecule has 78 valence electrons. The Morgan fingerprint density at radius 2 is 2.13 bits per heavy atom. The normalized spacial score (nSPS) is 10.8. The van der Waals surface area contributed by atoms with Crippen molar-refractivity contribution in [1.82, 2.24) is 9.97 Å². The molecule has 0 saturated heterocycles. The topological polar surface area (TPSA) is 46.0 Å². The number of rotatable bonds is 2. The maximum Gasteiger partial charge on any atom is 0.197 e. The number of halogens is 1. The van der Waals surface area contributed by atoms with Crippen molar-refractivity contribution in [2.45, 2.75) is 19.8 Å². The third-order valence-electron chi connectivity index (χ3n) is 2.22. The Hall–Kier alpha value is -1.16. The fourth-order valence-electron chi connectivity index (χ4n) is 1.58. The van der Waals surface area contributed by atoms with Crippen LogP contribution < -0.4 is 0 Å². The molecule has 0 aliphatic heterocycles. The first-order valence-corrected chi connectivity index (χ1v) is 5.65. The lowest BCUT2D eigenvalue weighted by Crippen LogP contribution is -1.95. The van der Waals surface area contributed by atoms with Crippen LogP contribution in [0, 0.1) is 0 Å². The van der Waals surface area contributed by atoms with Gasteiger partial charge < -0.3 is 5.11 Å². The van der Waals surface area contributed by atoms with Crippen molar-refractivity contribution < 1.29 is 5.11 Å². The summed E-state index contributed by atoms with van der Waals surface area (Å²) < 4.78 is 0.601. The number of hydrogen-bond donors (Lipinski definition) is 1. The van der Waals surface area contributed by atoms with E-state index in [4.69, 9.17) is 0 Å². The summed E-state index contributed by atoms with van der Waals surface area (Å²) >= 11 is 3.29. The summed E-state index contributed by atoms with van der Waals surface area (Å²) in [5, 5.41) is 10.4. The molecule has 1 N–H and O–H groups in total. The van der Waals surface area contributed by atoms with Crippen molar-refractivity contribution >= 4 is 26.8 Å². The molecule has 0 fully saturated rings. The molecule has 0 unspecified atom stereocenters. The minimum atomic E-state index is 0.255. The van der Waals surface area contributed by atoms with Crippen LogP contribution in [0.5, 0.6) is 5.75 Å². The molecule has 1 heterocycles. The highest BCUT2D eigenvalue weighted by atomic mass is 79.9. The predicted molar refractivity (Wildman–Crippen MR) is 62.9 cm³/mol. The number of aromatic hydroxyl groups is 1. The number of phenols is 1. The van der Waals surface area contributed by atoms with Crippen LogP contribution in [-0.4, -0.2) is 15.1 Å². The van der Waals surface area contributed by atoms with Gasteiger partial charge in [-0.3, -0.25) is 0 Å². The Labute approximate surface area is 96.3 Å². The van der Waals surface area contributed by atoms with Gasteiger partial charge in [-0.1, -0.05) is 13.3 Å². The molecule has 1 aromatic heterocycles. The quantitative estimate of drug-likeness (QED) is 0.850. The Balaban J connectivity index is 2.70. The van der Waals surface area contributed by atoms with Gasteiger partial charge in [0.05, 0.1) is 11.2 Å². The average molecular weight is 267 g/mol. The van der Waals surface area contributed by atoms with Gasteiger partial charge in [-0.2, -0.15) is 0 Å². The number of nitrogens with zero attached hydrogens (tertiary/aromatic N) is 2. The van der Waals surface area contributed by atoms with E-state index >= 15 is 0 Å². The van der Waals surface area contributed by atoms with Gasteiger partial charge in [0, 0.05) is 5.39 Å². The molecule has 0 aliphatic carbocycles. The summed E-state index contributed by atoms with van der Waals surface area (Å²) in [6, 6.07) is 5.15. The highest BCUT2D eigenvalue weighted by molar-refractivity contribution is 9.10. The minimum absolute atomic E-state index is 0.255. The summed E-state index contributed by atoms with van der Waals surface area (Å²) in [5.74, 6) is 0.255. The molecule has 1 aromatic carbocycles. The minimum Gasteiger partial charge on any atom is -0.508 e. The molecule has 2 aromatic rings. The smallest absolute Gasteiger partial charge is 0.197 e. The second-order valence-electron chi connectivity index (χ2n) is 3.39. The van der Waals surface area contributed by atoms with Crippen molar-refractivity contribution in [3.63, 3.8) is 0 Å². The fraction of sp³-hybridized carbons (Fsp3) is 0.273. The van der Waals surface area contributed by atoms with E-state index in [1.54, 1.807) is 18.2 Å². The standard InChI is InChI=1S/C11H11BrN2O/c1-2-3-9-8-6-7(15)4-5-10(8)14-11(12)13-9/h4-6,15H,2-3H2,1H3. The lowest BCUT2D eigenvalue weighted by atomic mass is 10.1. The molecule has 0 aliphatic rings. The molecule has 4 heteroatoms. The Morgan fingerprint density at radius 1 is 1.33 bits per heavy atom. The van der Waals surface area contributed by atoms with E-state index in [1.807, 2.05) is 0 Å². The zero-order valence-corrected chi connectivity index (χ0v) is 9.95. The van der Waals surface area contributed by atoms with Crippen LogP contribution in [0.2, 0.25) is 0 Å². The third kappa shape index (κ3) is 2.09. The highest BCUT2D eigenvalue weighted by Crippen LogP contribution is 2.23. The van der Waals surface area contributed by atoms with E-state index in [1.165, 1.54) is 0 Å². The van der Waals surface area contributed by atoms with Gasteiger partial charge in [0.1, 0.15) is 5.75 Å². The molecule has 3 nitrogen and oxygen atoms in total. The first-order valence-electron chi connectivity index (χ1n) is 4.86. The van der Waals surface area contributed by atoms with Gasteiger partial charge in [-0.15, -0.1) is 0 Å². The van der Waals surface area contributed by atoms with E-state index in [2.05, 4.69) is 32.8 Å². The van der Waals surface area contributed by atoms with Crippen LogP contribution in [0.3, 0.4) is 0 Å². The zero-order valence-electron chi connectivity index (χ0n) is 8.37. The first-order chi connectivity index (χ1) is 7.20. The predicted octanol–water partition coefficient (Wildman–Crippen LogP) is 3.05. The highest BCUT2D eigenvalue weighted by Gasteiger charge is 2.06. The second kappa shape index (κ2) is 4.14. The van der Waals surface area contributed by atoms with Crippen LogP contribution in [-0.2, 0) is 6.42 Å². The van der Waals surface area contributed by atoms with E-state index in [0.717, 1.165) is 29.4 Å². The van der Waals surface area contributed by atoms with Crippen LogP contribution >= 0.6 is 15.9 Å². The van der Waals surface area contributed by atoms with Crippen molar-refractivity contribution in [1.29, 1.82) is 0 Å². The van der Waals surface area contributed by atoms with Gasteiger partial charge >= 0.3 is 0 Å². The van der Waals surface area contributed by atoms with Gasteiger partial charge in [0.15, 0.2) is 4.73 Å². The molecule has 0 bridgehead atoms. The summed E-state index contributed by atoms with van der Waals surface area (Å²) in [6.07, 6.45) is 1.91. The van der Waals surface area contributed by atoms with Crippen LogP contribution in [0.1, 0.15) is 19.0 Å². The number of hydrogen-bond acceptors (Lipinski definition) is 3. The third-order valence-corrected chi connectivity index (χ3v) is 2.57. The molecular weight excluding hydrogens is 256 g/mol. The van der Waals surface area contributed by atoms with E-state index < -0.39 is 0 Å². The van der Waals surface area contributed by atoms with Crippen molar-refractivity contribution in [2.24, 2.45) is 0 Å². The number of fused-ring (bicyclic) bond motifs is 1. The van der Waals surface area contributed by atoms with Crippen LogP contribution in [0.25, 0.3) is 10.9 Å². The number of phenolic OH excluding ortho intramolecular Hbond substituents is 1. The van der Waals surface area contributed by atoms with E-state index in [-0.39, 0.29) is 5.75 Å². The Morgan fingerprint density at radius 3 is 2.87 bits per heavy atom. The Bertz CT molecular complexity index is 499. The van der Waals surface area contributed by atoms with Crippen LogP contribution in [0.15, 0.2) is 22.9 Å². The summed E-state index contributed by atoms with van der Waals surface area (Å²) in [7, 11) is 0. The molecule has 0 amide bonds. The fourth-order valence-corrected chi connectivity index (χ4v) is 1.98. The average Bonchev–Trinajstić information content (AvgIpc) is 2.19. The van der Waals surface area contributed by atoms with Gasteiger partial charge in [0.25, 0.3) is 0 Å².